The summed E-state index contributed by atoms with van der Waals surface area (Å²) in [7, 11) is 1.59. The van der Waals surface area contributed by atoms with Crippen molar-refractivity contribution in [1.29, 1.82) is 0 Å². The molecule has 3 aromatic rings. The summed E-state index contributed by atoms with van der Waals surface area (Å²) in [6, 6.07) is 10.9. The number of aromatic nitrogens is 1. The fourth-order valence-corrected chi connectivity index (χ4v) is 3.09. The van der Waals surface area contributed by atoms with Gasteiger partial charge in [0.25, 0.3) is 5.91 Å². The summed E-state index contributed by atoms with van der Waals surface area (Å²) in [5.74, 6) is 0.962. The van der Waals surface area contributed by atoms with Gasteiger partial charge in [-0.15, -0.1) is 0 Å². The van der Waals surface area contributed by atoms with Crippen LogP contribution in [-0.2, 0) is 0 Å². The van der Waals surface area contributed by atoms with E-state index in [1.54, 1.807) is 19.2 Å². The number of rotatable bonds is 4. The maximum absolute atomic E-state index is 13.2. The minimum absolute atomic E-state index is 0.151. The van der Waals surface area contributed by atoms with Gasteiger partial charge >= 0.3 is 0 Å². The Bertz CT molecular complexity index is 968. The summed E-state index contributed by atoms with van der Waals surface area (Å²) in [5.41, 5.74) is 1.58. The highest BCUT2D eigenvalue weighted by Gasteiger charge is 2.26. The Morgan fingerprint density at radius 3 is 2.85 bits per heavy atom. The molecule has 1 aromatic heterocycles. The third-order valence-corrected chi connectivity index (χ3v) is 4.45. The second-order valence-corrected chi connectivity index (χ2v) is 6.10. The number of nitrogens with zero attached hydrogens (tertiary/aromatic N) is 1. The van der Waals surface area contributed by atoms with E-state index >= 15 is 0 Å². The molecule has 27 heavy (non-hydrogen) atoms. The Kier molecular flexibility index (Phi) is 4.50. The average molecular weight is 368 g/mol. The lowest BCUT2D eigenvalue weighted by atomic mass is 9.99. The van der Waals surface area contributed by atoms with Crippen molar-refractivity contribution in [2.75, 3.05) is 13.7 Å². The molecular formula is C20H17FN2O4. The maximum atomic E-state index is 13.2. The molecule has 6 nitrogen and oxygen atoms in total. The molecule has 2 aromatic carbocycles. The van der Waals surface area contributed by atoms with Gasteiger partial charge in [-0.3, -0.25) is 4.79 Å². The molecule has 7 heteroatoms. The Morgan fingerprint density at radius 1 is 1.26 bits per heavy atom. The number of nitrogens with one attached hydrogen (secondary N) is 1. The Balaban J connectivity index is 1.60. The minimum Gasteiger partial charge on any atom is -0.497 e. The van der Waals surface area contributed by atoms with Crippen molar-refractivity contribution in [3.05, 3.63) is 65.9 Å². The van der Waals surface area contributed by atoms with Crippen LogP contribution in [0, 0.1) is 5.82 Å². The first-order valence-corrected chi connectivity index (χ1v) is 8.46. The predicted molar refractivity (Wildman–Crippen MR) is 95.2 cm³/mol. The number of carbonyl (C=O) groups is 1. The lowest BCUT2D eigenvalue weighted by molar-refractivity contribution is 0.0920. The molecular weight excluding hydrogens is 351 g/mol. The van der Waals surface area contributed by atoms with Crippen molar-refractivity contribution in [2.24, 2.45) is 0 Å². The zero-order valence-electron chi connectivity index (χ0n) is 14.6. The smallest absolute Gasteiger partial charge is 0.274 e. The number of fused-ring (bicyclic) bond motifs is 1. The van der Waals surface area contributed by atoms with Gasteiger partial charge in [-0.1, -0.05) is 0 Å². The Morgan fingerprint density at radius 2 is 2.07 bits per heavy atom. The van der Waals surface area contributed by atoms with Crippen LogP contribution >= 0.6 is 0 Å². The van der Waals surface area contributed by atoms with Crippen LogP contribution in [-0.4, -0.2) is 24.6 Å². The molecule has 2 heterocycles. The summed E-state index contributed by atoms with van der Waals surface area (Å²) in [5, 5.41) is 2.98. The first-order valence-electron chi connectivity index (χ1n) is 8.46. The number of methoxy groups -OCH3 is 1. The number of ether oxygens (including phenoxy) is 2. The standard InChI is InChI=1S/C20H17FN2O4/c1-25-14-6-7-17-15(10-14)16(8-9-26-17)23-20(24)18-19(27-11-22-18)12-2-4-13(21)5-3-12/h2-7,10-11,16H,8-9H2,1H3,(H,23,24)/t16-/m0/s1. The molecule has 0 aliphatic carbocycles. The van der Waals surface area contributed by atoms with Crippen LogP contribution in [0.25, 0.3) is 11.3 Å². The first kappa shape index (κ1) is 17.1. The average Bonchev–Trinajstić information content (AvgIpc) is 3.18. The van der Waals surface area contributed by atoms with E-state index in [0.29, 0.717) is 35.9 Å². The molecule has 4 rings (SSSR count). The number of hydrogen-bond acceptors (Lipinski definition) is 5. The lowest BCUT2D eigenvalue weighted by Gasteiger charge is -2.27. The van der Waals surface area contributed by atoms with Gasteiger partial charge in [-0.25, -0.2) is 9.37 Å². The molecule has 1 amide bonds. The highest BCUT2D eigenvalue weighted by Crippen LogP contribution is 2.35. The fourth-order valence-electron chi connectivity index (χ4n) is 3.09. The summed E-state index contributed by atoms with van der Waals surface area (Å²) in [6.07, 6.45) is 1.82. The van der Waals surface area contributed by atoms with Gasteiger partial charge in [0.15, 0.2) is 17.8 Å². The number of halogens is 1. The van der Waals surface area contributed by atoms with E-state index in [2.05, 4.69) is 10.3 Å². The second-order valence-electron chi connectivity index (χ2n) is 6.10. The van der Waals surface area contributed by atoms with Crippen molar-refractivity contribution in [1.82, 2.24) is 10.3 Å². The molecule has 0 radical (unpaired) electrons. The van der Waals surface area contributed by atoms with E-state index in [1.807, 2.05) is 18.2 Å². The van der Waals surface area contributed by atoms with Gasteiger partial charge in [-0.2, -0.15) is 0 Å². The highest BCUT2D eigenvalue weighted by molar-refractivity contribution is 5.97. The van der Waals surface area contributed by atoms with Crippen LogP contribution in [0.4, 0.5) is 4.39 Å². The van der Waals surface area contributed by atoms with E-state index in [9.17, 15) is 9.18 Å². The maximum Gasteiger partial charge on any atom is 0.274 e. The van der Waals surface area contributed by atoms with E-state index in [1.165, 1.54) is 18.5 Å². The summed E-state index contributed by atoms with van der Waals surface area (Å²) >= 11 is 0. The van der Waals surface area contributed by atoms with Crippen LogP contribution in [0.3, 0.4) is 0 Å². The Hall–Kier alpha value is -3.35. The molecule has 0 fully saturated rings. The summed E-state index contributed by atoms with van der Waals surface area (Å²) in [6.45, 7) is 0.494. The molecule has 1 aliphatic rings. The molecule has 0 spiro atoms. The monoisotopic (exact) mass is 368 g/mol. The van der Waals surface area contributed by atoms with Crippen molar-refractivity contribution in [3.8, 4) is 22.8 Å². The largest absolute Gasteiger partial charge is 0.497 e. The zero-order chi connectivity index (χ0) is 18.8. The molecule has 1 atom stereocenters. The topological polar surface area (TPSA) is 73.6 Å². The summed E-state index contributed by atoms with van der Waals surface area (Å²) in [4.78, 5) is 16.9. The van der Waals surface area contributed by atoms with E-state index < -0.39 is 0 Å². The molecule has 0 saturated carbocycles. The van der Waals surface area contributed by atoms with Gasteiger partial charge in [0, 0.05) is 17.5 Å². The van der Waals surface area contributed by atoms with Crippen molar-refractivity contribution in [3.63, 3.8) is 0 Å². The van der Waals surface area contributed by atoms with Crippen molar-refractivity contribution >= 4 is 5.91 Å². The zero-order valence-corrected chi connectivity index (χ0v) is 14.6. The predicted octanol–water partition coefficient (Wildman–Crippen LogP) is 3.74. The van der Waals surface area contributed by atoms with Gasteiger partial charge in [0.1, 0.15) is 17.3 Å². The van der Waals surface area contributed by atoms with Crippen LogP contribution in [0.2, 0.25) is 0 Å². The first-order chi connectivity index (χ1) is 13.2. The SMILES string of the molecule is COc1ccc2c(c1)[C@@H](NC(=O)c1ncoc1-c1ccc(F)cc1)CCO2. The van der Waals surface area contributed by atoms with Crippen LogP contribution in [0.15, 0.2) is 53.3 Å². The number of carbonyl (C=O) groups excluding carboxylic acids is 1. The van der Waals surface area contributed by atoms with Crippen LogP contribution in [0.5, 0.6) is 11.5 Å². The van der Waals surface area contributed by atoms with E-state index in [0.717, 1.165) is 5.56 Å². The fraction of sp³-hybridized carbons (Fsp3) is 0.200. The highest BCUT2D eigenvalue weighted by atomic mass is 19.1. The normalized spacial score (nSPS) is 15.6. The quantitative estimate of drug-likeness (QED) is 0.759. The van der Waals surface area contributed by atoms with Gasteiger partial charge < -0.3 is 19.2 Å². The van der Waals surface area contributed by atoms with Crippen LogP contribution in [0.1, 0.15) is 28.5 Å². The third-order valence-electron chi connectivity index (χ3n) is 4.45. The molecule has 138 valence electrons. The lowest BCUT2D eigenvalue weighted by Crippen LogP contribution is -2.32. The number of amides is 1. The molecule has 0 unspecified atom stereocenters. The van der Waals surface area contributed by atoms with E-state index in [-0.39, 0.29) is 23.5 Å². The van der Waals surface area contributed by atoms with E-state index in [4.69, 9.17) is 13.9 Å². The minimum atomic E-state index is -0.372. The second kappa shape index (κ2) is 7.11. The van der Waals surface area contributed by atoms with Crippen molar-refractivity contribution in [2.45, 2.75) is 12.5 Å². The molecule has 1 N–H and O–H groups in total. The van der Waals surface area contributed by atoms with Gasteiger partial charge in [-0.05, 0) is 42.5 Å². The van der Waals surface area contributed by atoms with Crippen LogP contribution < -0.4 is 14.8 Å². The van der Waals surface area contributed by atoms with Crippen molar-refractivity contribution < 1.29 is 23.1 Å². The van der Waals surface area contributed by atoms with Gasteiger partial charge in [0.05, 0.1) is 19.8 Å². The number of oxazole rings is 1. The third kappa shape index (κ3) is 3.36. The molecule has 1 aliphatic heterocycles. The van der Waals surface area contributed by atoms with Gasteiger partial charge in [0.2, 0.25) is 0 Å². The number of benzene rings is 2. The molecule has 0 saturated heterocycles. The summed E-state index contributed by atoms with van der Waals surface area (Å²) < 4.78 is 29.4. The number of hydrogen-bond donors (Lipinski definition) is 1. The Labute approximate surface area is 154 Å². The molecule has 0 bridgehead atoms.